The van der Waals surface area contributed by atoms with E-state index in [4.69, 9.17) is 5.73 Å². The molecule has 1 unspecified atom stereocenters. The fraction of sp³-hybridized carbons (Fsp3) is 0.154. The molecule has 18 heavy (non-hydrogen) atoms. The molecule has 0 aliphatic rings. The molecule has 1 heterocycles. The van der Waals surface area contributed by atoms with Crippen molar-refractivity contribution in [3.05, 3.63) is 54.1 Å². The number of thioether (sulfide) groups is 1. The van der Waals surface area contributed by atoms with Crippen LogP contribution in [0.3, 0.4) is 0 Å². The monoisotopic (exact) mass is 264 g/mol. The van der Waals surface area contributed by atoms with E-state index >= 15 is 0 Å². The maximum atomic E-state index is 13.4. The molecule has 94 valence electrons. The summed E-state index contributed by atoms with van der Waals surface area (Å²) in [5.74, 6) is 0.0467. The molecule has 1 atom stereocenters. The highest BCUT2D eigenvalue weighted by atomic mass is 32.2. The standard InChI is InChI=1S/C13H13FN2OS/c14-10-3-1-2-4-13(10)18-8-12(17)9-7-16-6-5-11(9)15/h1-7,12,17H,8H2,(H2,15,16). The van der Waals surface area contributed by atoms with Crippen LogP contribution >= 0.6 is 11.8 Å². The van der Waals surface area contributed by atoms with E-state index in [9.17, 15) is 9.50 Å². The third-order valence-electron chi connectivity index (χ3n) is 2.48. The quantitative estimate of drug-likeness (QED) is 0.833. The molecular formula is C13H13FN2OS. The second kappa shape index (κ2) is 5.84. The van der Waals surface area contributed by atoms with Crippen LogP contribution in [0.1, 0.15) is 11.7 Å². The molecule has 0 amide bonds. The number of nitrogen functional groups attached to an aromatic ring is 1. The van der Waals surface area contributed by atoms with E-state index in [1.165, 1.54) is 24.0 Å². The van der Waals surface area contributed by atoms with E-state index in [0.29, 0.717) is 21.9 Å². The molecule has 0 saturated heterocycles. The average molecular weight is 264 g/mol. The third-order valence-corrected chi connectivity index (χ3v) is 3.60. The first-order valence-corrected chi connectivity index (χ1v) is 6.42. The summed E-state index contributed by atoms with van der Waals surface area (Å²) in [6, 6.07) is 8.10. The number of nitrogens with zero attached hydrogens (tertiary/aromatic N) is 1. The number of hydrogen-bond acceptors (Lipinski definition) is 4. The van der Waals surface area contributed by atoms with Gasteiger partial charge in [-0.05, 0) is 18.2 Å². The predicted octanol–water partition coefficient (Wildman–Crippen LogP) is 2.63. The summed E-state index contributed by atoms with van der Waals surface area (Å²) in [7, 11) is 0. The van der Waals surface area contributed by atoms with Crippen molar-refractivity contribution in [2.75, 3.05) is 11.5 Å². The molecule has 1 aromatic heterocycles. The molecule has 0 radical (unpaired) electrons. The summed E-state index contributed by atoms with van der Waals surface area (Å²) in [4.78, 5) is 4.43. The van der Waals surface area contributed by atoms with Crippen molar-refractivity contribution in [1.29, 1.82) is 0 Å². The van der Waals surface area contributed by atoms with Crippen LogP contribution in [0.15, 0.2) is 47.6 Å². The summed E-state index contributed by atoms with van der Waals surface area (Å²) in [6.45, 7) is 0. The van der Waals surface area contributed by atoms with Crippen molar-refractivity contribution in [2.24, 2.45) is 0 Å². The van der Waals surface area contributed by atoms with Crippen LogP contribution in [0.5, 0.6) is 0 Å². The van der Waals surface area contributed by atoms with E-state index < -0.39 is 6.10 Å². The van der Waals surface area contributed by atoms with Crippen LogP contribution in [0.4, 0.5) is 10.1 Å². The normalized spacial score (nSPS) is 12.3. The van der Waals surface area contributed by atoms with Crippen molar-refractivity contribution in [3.63, 3.8) is 0 Å². The Bertz CT molecular complexity index is 536. The fourth-order valence-electron chi connectivity index (χ4n) is 1.52. The molecule has 3 nitrogen and oxygen atoms in total. The van der Waals surface area contributed by atoms with Crippen molar-refractivity contribution < 1.29 is 9.50 Å². The van der Waals surface area contributed by atoms with Gasteiger partial charge in [0.05, 0.1) is 6.10 Å². The van der Waals surface area contributed by atoms with Crippen molar-refractivity contribution in [1.82, 2.24) is 4.98 Å². The number of benzene rings is 1. The van der Waals surface area contributed by atoms with Gasteiger partial charge in [-0.1, -0.05) is 12.1 Å². The molecule has 0 aliphatic heterocycles. The molecule has 0 fully saturated rings. The zero-order valence-electron chi connectivity index (χ0n) is 9.58. The molecule has 5 heteroatoms. The van der Waals surface area contributed by atoms with Gasteiger partial charge in [0.15, 0.2) is 0 Å². The number of aliphatic hydroxyl groups is 1. The van der Waals surface area contributed by atoms with Crippen LogP contribution in [0.25, 0.3) is 0 Å². The van der Waals surface area contributed by atoms with Crippen molar-refractivity contribution in [3.8, 4) is 0 Å². The molecule has 1 aromatic carbocycles. The Morgan fingerprint density at radius 2 is 2.11 bits per heavy atom. The number of aromatic nitrogens is 1. The van der Waals surface area contributed by atoms with Gasteiger partial charge >= 0.3 is 0 Å². The molecular weight excluding hydrogens is 251 g/mol. The lowest BCUT2D eigenvalue weighted by molar-refractivity contribution is 0.204. The van der Waals surface area contributed by atoms with Crippen molar-refractivity contribution >= 4 is 17.4 Å². The summed E-state index contributed by atoms with van der Waals surface area (Å²) in [5.41, 5.74) is 6.80. The SMILES string of the molecule is Nc1ccncc1C(O)CSc1ccccc1F. The lowest BCUT2D eigenvalue weighted by atomic mass is 10.1. The highest BCUT2D eigenvalue weighted by molar-refractivity contribution is 7.99. The van der Waals surface area contributed by atoms with E-state index in [2.05, 4.69) is 4.98 Å². The number of nitrogens with two attached hydrogens (primary N) is 1. The Balaban J connectivity index is 2.03. The summed E-state index contributed by atoms with van der Waals surface area (Å²) < 4.78 is 13.4. The number of anilines is 1. The first kappa shape index (κ1) is 12.9. The number of halogens is 1. The van der Waals surface area contributed by atoms with Crippen LogP contribution in [-0.4, -0.2) is 15.8 Å². The van der Waals surface area contributed by atoms with Gasteiger partial charge in [-0.25, -0.2) is 4.39 Å². The molecule has 2 aromatic rings. The van der Waals surface area contributed by atoms with Gasteiger partial charge in [0.25, 0.3) is 0 Å². The van der Waals surface area contributed by atoms with E-state index in [1.807, 2.05) is 0 Å². The molecule has 2 rings (SSSR count). The average Bonchev–Trinajstić information content (AvgIpc) is 2.38. The smallest absolute Gasteiger partial charge is 0.136 e. The Morgan fingerprint density at radius 1 is 1.33 bits per heavy atom. The summed E-state index contributed by atoms with van der Waals surface area (Å²) in [6.07, 6.45) is 2.33. The van der Waals surface area contributed by atoms with Gasteiger partial charge in [0.1, 0.15) is 5.82 Å². The molecule has 0 aliphatic carbocycles. The topological polar surface area (TPSA) is 59.1 Å². The van der Waals surface area contributed by atoms with Crippen LogP contribution in [-0.2, 0) is 0 Å². The highest BCUT2D eigenvalue weighted by Crippen LogP contribution is 2.28. The minimum Gasteiger partial charge on any atom is -0.398 e. The van der Waals surface area contributed by atoms with Crippen molar-refractivity contribution in [2.45, 2.75) is 11.0 Å². The predicted molar refractivity (Wildman–Crippen MR) is 70.7 cm³/mol. The highest BCUT2D eigenvalue weighted by Gasteiger charge is 2.12. The number of pyridine rings is 1. The second-order valence-electron chi connectivity index (χ2n) is 3.76. The van der Waals surface area contributed by atoms with Gasteiger partial charge in [-0.2, -0.15) is 0 Å². The second-order valence-corrected chi connectivity index (χ2v) is 4.82. The Kier molecular flexibility index (Phi) is 4.17. The molecule has 3 N–H and O–H groups in total. The van der Waals surface area contributed by atoms with Crippen LogP contribution < -0.4 is 5.73 Å². The largest absolute Gasteiger partial charge is 0.398 e. The Morgan fingerprint density at radius 3 is 2.83 bits per heavy atom. The zero-order chi connectivity index (χ0) is 13.0. The van der Waals surface area contributed by atoms with E-state index in [-0.39, 0.29) is 5.82 Å². The number of aliphatic hydroxyl groups excluding tert-OH is 1. The van der Waals surface area contributed by atoms with Crippen LogP contribution in [0, 0.1) is 5.82 Å². The van der Waals surface area contributed by atoms with Crippen LogP contribution in [0.2, 0.25) is 0 Å². The van der Waals surface area contributed by atoms with Gasteiger partial charge in [-0.15, -0.1) is 11.8 Å². The van der Waals surface area contributed by atoms with Gasteiger partial charge in [0, 0.05) is 34.3 Å². The molecule has 0 bridgehead atoms. The number of hydrogen-bond donors (Lipinski definition) is 2. The fourth-order valence-corrected chi connectivity index (χ4v) is 2.41. The first-order valence-electron chi connectivity index (χ1n) is 5.43. The lowest BCUT2D eigenvalue weighted by Gasteiger charge is -2.12. The Hall–Kier alpha value is -1.59. The number of rotatable bonds is 4. The minimum atomic E-state index is -0.761. The van der Waals surface area contributed by atoms with Gasteiger partial charge < -0.3 is 10.8 Å². The molecule has 0 spiro atoms. The maximum absolute atomic E-state index is 13.4. The lowest BCUT2D eigenvalue weighted by Crippen LogP contribution is -2.05. The maximum Gasteiger partial charge on any atom is 0.136 e. The first-order chi connectivity index (χ1) is 8.68. The van der Waals surface area contributed by atoms with E-state index in [0.717, 1.165) is 0 Å². The summed E-state index contributed by atoms with van der Waals surface area (Å²) >= 11 is 1.25. The zero-order valence-corrected chi connectivity index (χ0v) is 10.4. The summed E-state index contributed by atoms with van der Waals surface area (Å²) in [5, 5.41) is 9.99. The Labute approximate surface area is 109 Å². The molecule has 0 saturated carbocycles. The van der Waals surface area contributed by atoms with Gasteiger partial charge in [-0.3, -0.25) is 4.98 Å². The van der Waals surface area contributed by atoms with E-state index in [1.54, 1.807) is 30.5 Å². The third kappa shape index (κ3) is 3.00. The minimum absolute atomic E-state index is 0.283. The van der Waals surface area contributed by atoms with Gasteiger partial charge in [0.2, 0.25) is 0 Å².